The fourth-order valence-corrected chi connectivity index (χ4v) is 3.16. The van der Waals surface area contributed by atoms with E-state index in [0.717, 1.165) is 0 Å². The lowest BCUT2D eigenvalue weighted by molar-refractivity contribution is 0.0937. The number of nitrogens with one attached hydrogen (secondary N) is 1. The van der Waals surface area contributed by atoms with E-state index in [2.05, 4.69) is 26.4 Å². The molecule has 0 radical (unpaired) electrons. The Hall–Kier alpha value is -2.25. The third kappa shape index (κ3) is 3.00. The molecule has 114 valence electrons. The van der Waals surface area contributed by atoms with Gasteiger partial charge in [-0.3, -0.25) is 4.79 Å². The average Bonchev–Trinajstić information content (AvgIpc) is 3.16. The van der Waals surface area contributed by atoms with Crippen molar-refractivity contribution in [1.82, 2.24) is 24.8 Å². The molecule has 0 bridgehead atoms. The second kappa shape index (κ2) is 6.25. The van der Waals surface area contributed by atoms with Crippen molar-refractivity contribution in [1.29, 1.82) is 0 Å². The molecule has 6 nitrogen and oxygen atoms in total. The van der Waals surface area contributed by atoms with Crippen molar-refractivity contribution in [3.05, 3.63) is 52.6 Å². The topological polar surface area (TPSA) is 62.5 Å². The molecule has 0 saturated heterocycles. The molecule has 3 rings (SSSR count). The van der Waals surface area contributed by atoms with Crippen LogP contribution < -0.4 is 5.32 Å². The fourth-order valence-electron chi connectivity index (χ4n) is 2.24. The highest BCUT2D eigenvalue weighted by molar-refractivity contribution is 7.10. The molecule has 0 spiro atoms. The zero-order valence-electron chi connectivity index (χ0n) is 12.4. The van der Waals surface area contributed by atoms with Gasteiger partial charge in [0, 0.05) is 29.9 Å². The van der Waals surface area contributed by atoms with Crippen LogP contribution in [0.25, 0.3) is 5.65 Å². The molecule has 1 N–H and O–H groups in total. The van der Waals surface area contributed by atoms with Crippen LogP contribution in [0.2, 0.25) is 0 Å². The molecule has 0 fully saturated rings. The highest BCUT2D eigenvalue weighted by Gasteiger charge is 2.18. The van der Waals surface area contributed by atoms with Crippen LogP contribution in [-0.2, 0) is 0 Å². The number of carbonyl (C=O) groups excluding carboxylic acids is 1. The van der Waals surface area contributed by atoms with E-state index in [-0.39, 0.29) is 11.9 Å². The van der Waals surface area contributed by atoms with Crippen molar-refractivity contribution in [2.45, 2.75) is 6.04 Å². The third-order valence-electron chi connectivity index (χ3n) is 3.42. The van der Waals surface area contributed by atoms with Crippen LogP contribution in [0.3, 0.4) is 0 Å². The second-order valence-corrected chi connectivity index (χ2v) is 6.14. The van der Waals surface area contributed by atoms with Crippen molar-refractivity contribution in [2.24, 2.45) is 0 Å². The first kappa shape index (κ1) is 14.7. The molecule has 0 unspecified atom stereocenters. The lowest BCUT2D eigenvalue weighted by atomic mass is 10.2. The van der Waals surface area contributed by atoms with Gasteiger partial charge in [-0.1, -0.05) is 6.07 Å². The molecule has 3 aromatic rings. The van der Waals surface area contributed by atoms with E-state index < -0.39 is 0 Å². The maximum absolute atomic E-state index is 12.3. The Bertz CT molecular complexity index is 732. The van der Waals surface area contributed by atoms with Gasteiger partial charge in [0.2, 0.25) is 0 Å². The summed E-state index contributed by atoms with van der Waals surface area (Å²) in [6.45, 7) is 0.535. The number of aromatic nitrogens is 3. The number of nitrogens with zero attached hydrogens (tertiary/aromatic N) is 4. The molecule has 1 amide bonds. The Kier molecular flexibility index (Phi) is 4.17. The molecule has 3 heterocycles. The van der Waals surface area contributed by atoms with Crippen LogP contribution in [0.5, 0.6) is 0 Å². The maximum Gasteiger partial charge on any atom is 0.271 e. The zero-order valence-corrected chi connectivity index (χ0v) is 13.2. The number of hydrogen-bond donors (Lipinski definition) is 1. The summed E-state index contributed by atoms with van der Waals surface area (Å²) in [6, 6.07) is 7.72. The first-order valence-electron chi connectivity index (χ1n) is 6.93. The van der Waals surface area contributed by atoms with E-state index in [1.807, 2.05) is 25.5 Å². The highest BCUT2D eigenvalue weighted by Crippen LogP contribution is 2.22. The van der Waals surface area contributed by atoms with Gasteiger partial charge < -0.3 is 10.2 Å². The summed E-state index contributed by atoms with van der Waals surface area (Å²) in [5, 5.41) is 9.22. The fraction of sp³-hybridized carbons (Fsp3) is 0.267. The number of thiophene rings is 1. The normalized spacial score (nSPS) is 12.7. The lowest BCUT2D eigenvalue weighted by Gasteiger charge is -2.23. The van der Waals surface area contributed by atoms with Crippen molar-refractivity contribution in [2.75, 3.05) is 20.6 Å². The van der Waals surface area contributed by atoms with E-state index in [1.165, 1.54) is 4.88 Å². The molecule has 0 aliphatic rings. The first-order chi connectivity index (χ1) is 10.6. The second-order valence-electron chi connectivity index (χ2n) is 5.16. The van der Waals surface area contributed by atoms with Crippen LogP contribution in [-0.4, -0.2) is 46.0 Å². The predicted octanol–water partition coefficient (Wildman–Crippen LogP) is 1.82. The summed E-state index contributed by atoms with van der Waals surface area (Å²) in [4.78, 5) is 19.8. The van der Waals surface area contributed by atoms with Gasteiger partial charge in [-0.05, 0) is 31.6 Å². The van der Waals surface area contributed by atoms with Crippen molar-refractivity contribution >= 4 is 22.9 Å². The number of carbonyl (C=O) groups is 1. The predicted molar refractivity (Wildman–Crippen MR) is 86.1 cm³/mol. The minimum atomic E-state index is -0.186. The van der Waals surface area contributed by atoms with Gasteiger partial charge in [-0.15, -0.1) is 11.3 Å². The first-order valence-corrected chi connectivity index (χ1v) is 7.81. The van der Waals surface area contributed by atoms with E-state index in [1.54, 1.807) is 40.4 Å². The average molecular weight is 315 g/mol. The Balaban J connectivity index is 1.71. The molecule has 0 aromatic carbocycles. The molecular weight excluding hydrogens is 298 g/mol. The summed E-state index contributed by atoms with van der Waals surface area (Å²) in [6.07, 6.45) is 3.45. The monoisotopic (exact) mass is 315 g/mol. The van der Waals surface area contributed by atoms with Gasteiger partial charge in [0.15, 0.2) is 11.3 Å². The molecule has 3 aromatic heterocycles. The Morgan fingerprint density at radius 2 is 2.32 bits per heavy atom. The van der Waals surface area contributed by atoms with E-state index >= 15 is 0 Å². The lowest BCUT2D eigenvalue weighted by Crippen LogP contribution is -2.34. The largest absolute Gasteiger partial charge is 0.349 e. The van der Waals surface area contributed by atoms with Crippen LogP contribution >= 0.6 is 11.3 Å². The minimum Gasteiger partial charge on any atom is -0.349 e. The van der Waals surface area contributed by atoms with E-state index in [4.69, 9.17) is 0 Å². The number of amides is 1. The number of rotatable bonds is 5. The summed E-state index contributed by atoms with van der Waals surface area (Å²) in [7, 11) is 4.01. The van der Waals surface area contributed by atoms with Crippen LogP contribution in [0, 0.1) is 0 Å². The van der Waals surface area contributed by atoms with Crippen molar-refractivity contribution < 1.29 is 4.79 Å². The van der Waals surface area contributed by atoms with Gasteiger partial charge in [0.1, 0.15) is 0 Å². The molecule has 0 aliphatic carbocycles. The van der Waals surface area contributed by atoms with E-state index in [9.17, 15) is 4.79 Å². The van der Waals surface area contributed by atoms with Gasteiger partial charge in [-0.2, -0.15) is 5.10 Å². The number of fused-ring (bicyclic) bond motifs is 1. The minimum absolute atomic E-state index is 0.152. The number of hydrogen-bond acceptors (Lipinski definition) is 5. The summed E-state index contributed by atoms with van der Waals surface area (Å²) >= 11 is 1.69. The highest BCUT2D eigenvalue weighted by atomic mass is 32.1. The van der Waals surface area contributed by atoms with Gasteiger partial charge in [-0.25, -0.2) is 9.50 Å². The molecule has 1 atom stereocenters. The Labute approximate surface area is 132 Å². The van der Waals surface area contributed by atoms with E-state index in [0.29, 0.717) is 17.9 Å². The molecule has 0 saturated carbocycles. The molecular formula is C15H17N5OS. The van der Waals surface area contributed by atoms with Crippen LogP contribution in [0.15, 0.2) is 42.0 Å². The zero-order chi connectivity index (χ0) is 15.5. The van der Waals surface area contributed by atoms with Gasteiger partial charge in [0.25, 0.3) is 5.91 Å². The summed E-state index contributed by atoms with van der Waals surface area (Å²) < 4.78 is 1.59. The molecule has 7 heteroatoms. The van der Waals surface area contributed by atoms with Gasteiger partial charge in [0.05, 0.1) is 6.04 Å². The Morgan fingerprint density at radius 1 is 1.45 bits per heavy atom. The van der Waals surface area contributed by atoms with Crippen molar-refractivity contribution in [3.63, 3.8) is 0 Å². The Morgan fingerprint density at radius 3 is 3.00 bits per heavy atom. The summed E-state index contributed by atoms with van der Waals surface area (Å²) in [5.74, 6) is -0.186. The van der Waals surface area contributed by atoms with Crippen molar-refractivity contribution in [3.8, 4) is 0 Å². The standard InChI is InChI=1S/C15H17N5OS/c1-19(2)12(13-5-3-8-22-13)10-17-15(21)11-9-14-16-6-4-7-20(14)18-11/h3-9,12H,10H2,1-2H3,(H,17,21)/t12-/m0/s1. The smallest absolute Gasteiger partial charge is 0.271 e. The number of likely N-dealkylation sites (N-methyl/N-ethyl adjacent to an activating group) is 1. The van der Waals surface area contributed by atoms with Gasteiger partial charge >= 0.3 is 0 Å². The molecule has 0 aliphatic heterocycles. The van der Waals surface area contributed by atoms with Crippen LogP contribution in [0.1, 0.15) is 21.4 Å². The quantitative estimate of drug-likeness (QED) is 0.780. The molecule has 22 heavy (non-hydrogen) atoms. The third-order valence-corrected chi connectivity index (χ3v) is 4.39. The SMILES string of the molecule is CN(C)[C@@H](CNC(=O)c1cc2ncccn2n1)c1cccs1. The summed E-state index contributed by atoms with van der Waals surface area (Å²) in [5.41, 5.74) is 1.04. The van der Waals surface area contributed by atoms with Crippen LogP contribution in [0.4, 0.5) is 0 Å². The maximum atomic E-state index is 12.3.